The fourth-order valence-corrected chi connectivity index (χ4v) is 2.25. The number of methoxy groups -OCH3 is 1. The van der Waals surface area contributed by atoms with Crippen LogP contribution in [0.15, 0.2) is 12.1 Å². The van der Waals surface area contributed by atoms with Gasteiger partial charge in [-0.1, -0.05) is 11.6 Å². The predicted molar refractivity (Wildman–Crippen MR) is 76.2 cm³/mol. The van der Waals surface area contributed by atoms with Crippen LogP contribution in [0.4, 0.5) is 5.69 Å². The molecule has 0 saturated carbocycles. The number of hydrogen-bond acceptors (Lipinski definition) is 3. The number of ketones is 1. The van der Waals surface area contributed by atoms with Crippen LogP contribution in [0, 0.1) is 0 Å². The highest BCUT2D eigenvalue weighted by Gasteiger charge is 2.18. The Balaban J connectivity index is 3.15. The smallest absolute Gasteiger partial charge is 0.221 e. The third-order valence-corrected chi connectivity index (χ3v) is 3.14. The van der Waals surface area contributed by atoms with Gasteiger partial charge in [-0.15, -0.1) is 11.6 Å². The number of ether oxygens (including phenoxy) is 1. The number of alkyl halides is 1. The van der Waals surface area contributed by atoms with Crippen molar-refractivity contribution in [1.82, 2.24) is 0 Å². The number of benzene rings is 1. The minimum atomic E-state index is -0.517. The number of nitrogens with one attached hydrogen (secondary N) is 1. The number of amides is 1. The molecule has 0 aliphatic heterocycles. The van der Waals surface area contributed by atoms with Crippen molar-refractivity contribution < 1.29 is 14.3 Å². The number of carbonyl (C=O) groups is 2. The van der Waals surface area contributed by atoms with E-state index in [1.54, 1.807) is 12.1 Å². The fraction of sp³-hybridized carbons (Fsp3) is 0.385. The second-order valence-corrected chi connectivity index (χ2v) is 5.06. The van der Waals surface area contributed by atoms with Crippen LogP contribution in [0.1, 0.15) is 31.2 Å². The largest absolute Gasteiger partial charge is 0.496 e. The second-order valence-electron chi connectivity index (χ2n) is 4.13. The van der Waals surface area contributed by atoms with E-state index in [0.717, 1.165) is 0 Å². The maximum absolute atomic E-state index is 11.1. The molecule has 0 spiro atoms. The summed E-state index contributed by atoms with van der Waals surface area (Å²) in [6.45, 7) is 2.85. The minimum Gasteiger partial charge on any atom is -0.496 e. The molecule has 0 heterocycles. The van der Waals surface area contributed by atoms with Crippen LogP contribution < -0.4 is 10.1 Å². The van der Waals surface area contributed by atoms with Gasteiger partial charge in [0.1, 0.15) is 11.5 Å². The second kappa shape index (κ2) is 6.78. The third kappa shape index (κ3) is 4.40. The van der Waals surface area contributed by atoms with Crippen molar-refractivity contribution >= 4 is 40.6 Å². The van der Waals surface area contributed by atoms with E-state index < -0.39 is 5.38 Å². The van der Waals surface area contributed by atoms with Gasteiger partial charge in [0.25, 0.3) is 0 Å². The van der Waals surface area contributed by atoms with Crippen molar-refractivity contribution in [1.29, 1.82) is 0 Å². The van der Waals surface area contributed by atoms with E-state index in [1.807, 2.05) is 0 Å². The average molecular weight is 304 g/mol. The summed E-state index contributed by atoms with van der Waals surface area (Å²) in [6.07, 6.45) is 0.188. The molecule has 1 atom stereocenters. The summed E-state index contributed by atoms with van der Waals surface area (Å²) in [5.74, 6) is 0.223. The van der Waals surface area contributed by atoms with Gasteiger partial charge >= 0.3 is 0 Å². The number of halogens is 2. The van der Waals surface area contributed by atoms with Gasteiger partial charge < -0.3 is 10.1 Å². The van der Waals surface area contributed by atoms with Crippen LogP contribution in [-0.4, -0.2) is 18.8 Å². The number of anilines is 1. The summed E-state index contributed by atoms with van der Waals surface area (Å²) in [5.41, 5.74) is 1.07. The molecule has 104 valence electrons. The van der Waals surface area contributed by atoms with Gasteiger partial charge in [-0.3, -0.25) is 9.59 Å². The zero-order valence-corrected chi connectivity index (χ0v) is 12.4. The summed E-state index contributed by atoms with van der Waals surface area (Å²) in [7, 11) is 1.49. The van der Waals surface area contributed by atoms with Gasteiger partial charge in [-0.05, 0) is 13.0 Å². The molecule has 1 aromatic rings. The Bertz CT molecular complexity index is 503. The molecule has 0 bridgehead atoms. The van der Waals surface area contributed by atoms with Crippen molar-refractivity contribution in [2.75, 3.05) is 12.4 Å². The summed E-state index contributed by atoms with van der Waals surface area (Å²) in [4.78, 5) is 22.2. The first-order valence-corrected chi connectivity index (χ1v) is 6.45. The molecule has 0 fully saturated rings. The highest BCUT2D eigenvalue weighted by atomic mass is 35.5. The number of Topliss-reactive ketones (excluding diaryl/α,β-unsaturated/α-hetero) is 1. The Hall–Kier alpha value is -1.26. The van der Waals surface area contributed by atoms with Gasteiger partial charge in [0.15, 0.2) is 0 Å². The van der Waals surface area contributed by atoms with E-state index >= 15 is 0 Å². The standard InChI is InChI=1S/C13H15Cl2NO3/c1-7(17)4-10(14)9-5-11(15)12(16-8(2)18)6-13(9)19-3/h5-6,10H,4H2,1-3H3,(H,16,18). The van der Waals surface area contributed by atoms with Gasteiger partial charge in [0.05, 0.1) is 23.2 Å². The van der Waals surface area contributed by atoms with Crippen molar-refractivity contribution in [3.8, 4) is 5.75 Å². The Labute approximate surface area is 122 Å². The first-order valence-electron chi connectivity index (χ1n) is 5.63. The lowest BCUT2D eigenvalue weighted by Crippen LogP contribution is -2.08. The summed E-state index contributed by atoms with van der Waals surface area (Å²) < 4.78 is 5.22. The molecule has 1 rings (SSSR count). The minimum absolute atomic E-state index is 0.0240. The van der Waals surface area contributed by atoms with Crippen molar-refractivity contribution in [2.24, 2.45) is 0 Å². The maximum atomic E-state index is 11.1. The van der Waals surface area contributed by atoms with Crippen molar-refractivity contribution in [3.05, 3.63) is 22.7 Å². The molecule has 19 heavy (non-hydrogen) atoms. The van der Waals surface area contributed by atoms with E-state index in [2.05, 4.69) is 5.32 Å². The Morgan fingerprint density at radius 3 is 2.47 bits per heavy atom. The molecular weight excluding hydrogens is 289 g/mol. The fourth-order valence-electron chi connectivity index (χ4n) is 1.64. The number of hydrogen-bond donors (Lipinski definition) is 1. The lowest BCUT2D eigenvalue weighted by Gasteiger charge is -2.16. The molecule has 0 radical (unpaired) electrons. The SMILES string of the molecule is COc1cc(NC(C)=O)c(Cl)cc1C(Cl)CC(C)=O. The highest BCUT2D eigenvalue weighted by molar-refractivity contribution is 6.34. The van der Waals surface area contributed by atoms with Crippen molar-refractivity contribution in [3.63, 3.8) is 0 Å². The van der Waals surface area contributed by atoms with E-state index in [-0.39, 0.29) is 18.1 Å². The summed E-state index contributed by atoms with van der Waals surface area (Å²) >= 11 is 12.2. The van der Waals surface area contributed by atoms with Crippen LogP contribution in [0.3, 0.4) is 0 Å². The zero-order valence-electron chi connectivity index (χ0n) is 10.9. The third-order valence-electron chi connectivity index (χ3n) is 2.43. The van der Waals surface area contributed by atoms with E-state index in [9.17, 15) is 9.59 Å². The monoisotopic (exact) mass is 303 g/mol. The summed E-state index contributed by atoms with van der Waals surface area (Å²) in [6, 6.07) is 3.20. The molecule has 1 amide bonds. The Morgan fingerprint density at radius 1 is 1.37 bits per heavy atom. The molecule has 1 aromatic carbocycles. The van der Waals surface area contributed by atoms with Gasteiger partial charge in [0.2, 0.25) is 5.91 Å². The van der Waals surface area contributed by atoms with Crippen LogP contribution in [0.2, 0.25) is 5.02 Å². The van der Waals surface area contributed by atoms with E-state index in [4.69, 9.17) is 27.9 Å². The highest BCUT2D eigenvalue weighted by Crippen LogP contribution is 2.38. The molecule has 1 unspecified atom stereocenters. The zero-order chi connectivity index (χ0) is 14.6. The first-order chi connectivity index (χ1) is 8.85. The lowest BCUT2D eigenvalue weighted by atomic mass is 10.1. The Morgan fingerprint density at radius 2 is 2.00 bits per heavy atom. The molecule has 1 N–H and O–H groups in total. The van der Waals surface area contributed by atoms with Crippen LogP contribution in [0.5, 0.6) is 5.75 Å². The molecule has 0 aliphatic rings. The van der Waals surface area contributed by atoms with Gasteiger partial charge in [-0.25, -0.2) is 0 Å². The van der Waals surface area contributed by atoms with E-state index in [1.165, 1.54) is 21.0 Å². The van der Waals surface area contributed by atoms with Crippen molar-refractivity contribution in [2.45, 2.75) is 25.6 Å². The quantitative estimate of drug-likeness (QED) is 0.846. The topological polar surface area (TPSA) is 55.4 Å². The molecule has 0 saturated heterocycles. The molecule has 6 heteroatoms. The first kappa shape index (κ1) is 15.8. The Kier molecular flexibility index (Phi) is 5.63. The van der Waals surface area contributed by atoms with Gasteiger partial charge in [0, 0.05) is 25.0 Å². The average Bonchev–Trinajstić information content (AvgIpc) is 2.29. The van der Waals surface area contributed by atoms with Crippen LogP contribution in [0.25, 0.3) is 0 Å². The molecule has 0 aromatic heterocycles. The van der Waals surface area contributed by atoms with Crippen LogP contribution in [-0.2, 0) is 9.59 Å². The summed E-state index contributed by atoms with van der Waals surface area (Å²) in [5, 5.41) is 2.42. The number of rotatable bonds is 5. The van der Waals surface area contributed by atoms with E-state index in [0.29, 0.717) is 22.0 Å². The number of carbonyl (C=O) groups excluding carboxylic acids is 2. The van der Waals surface area contributed by atoms with Crippen LogP contribution >= 0.6 is 23.2 Å². The molecule has 0 aliphatic carbocycles. The maximum Gasteiger partial charge on any atom is 0.221 e. The van der Waals surface area contributed by atoms with Gasteiger partial charge in [-0.2, -0.15) is 0 Å². The molecule has 4 nitrogen and oxygen atoms in total. The lowest BCUT2D eigenvalue weighted by molar-refractivity contribution is -0.117. The predicted octanol–water partition coefficient (Wildman–Crippen LogP) is 3.57. The normalized spacial score (nSPS) is 11.8. The molecular formula is C13H15Cl2NO3.